The van der Waals surface area contributed by atoms with Crippen LogP contribution in [-0.4, -0.2) is 49.5 Å². The van der Waals surface area contributed by atoms with Crippen molar-refractivity contribution in [1.29, 1.82) is 0 Å². The lowest BCUT2D eigenvalue weighted by atomic mass is 10.3. The van der Waals surface area contributed by atoms with E-state index in [9.17, 15) is 0 Å². The first kappa shape index (κ1) is 12.1. The first-order valence-corrected chi connectivity index (χ1v) is 5.74. The Morgan fingerprint density at radius 2 is 2.18 bits per heavy atom. The number of nitrogens with zero attached hydrogens (tertiary/aromatic N) is 2. The lowest BCUT2D eigenvalue weighted by Crippen LogP contribution is -2.34. The molecular formula is C11H18N4O2. The van der Waals surface area contributed by atoms with Crippen LogP contribution in [-0.2, 0) is 9.47 Å². The quantitative estimate of drug-likeness (QED) is 0.803. The van der Waals surface area contributed by atoms with Crippen molar-refractivity contribution in [2.24, 2.45) is 0 Å². The summed E-state index contributed by atoms with van der Waals surface area (Å²) in [6.45, 7) is 4.55. The van der Waals surface area contributed by atoms with Gasteiger partial charge in [0, 0.05) is 19.7 Å². The van der Waals surface area contributed by atoms with Crippen molar-refractivity contribution in [3.8, 4) is 0 Å². The summed E-state index contributed by atoms with van der Waals surface area (Å²) in [6, 6.07) is 1.87. The minimum atomic E-state index is 0.0945. The second-order valence-corrected chi connectivity index (χ2v) is 3.88. The summed E-state index contributed by atoms with van der Waals surface area (Å²) in [7, 11) is 1.84. The van der Waals surface area contributed by atoms with Crippen molar-refractivity contribution in [1.82, 2.24) is 9.97 Å². The van der Waals surface area contributed by atoms with Crippen LogP contribution in [0.2, 0.25) is 0 Å². The SMILES string of the molecule is CNc1cc(NCC2COCCO2)nc(C)n1. The predicted molar refractivity (Wildman–Crippen MR) is 65.4 cm³/mol. The Bertz CT molecular complexity index is 366. The van der Waals surface area contributed by atoms with Crippen LogP contribution in [0.1, 0.15) is 5.82 Å². The molecule has 1 fully saturated rings. The molecule has 1 atom stereocenters. The predicted octanol–water partition coefficient (Wildman–Crippen LogP) is 0.654. The van der Waals surface area contributed by atoms with Crippen molar-refractivity contribution in [2.45, 2.75) is 13.0 Å². The number of hydrogen-bond donors (Lipinski definition) is 2. The molecule has 2 rings (SSSR count). The van der Waals surface area contributed by atoms with E-state index in [-0.39, 0.29) is 6.10 Å². The van der Waals surface area contributed by atoms with Gasteiger partial charge in [0.25, 0.3) is 0 Å². The second-order valence-electron chi connectivity index (χ2n) is 3.88. The molecule has 0 aliphatic carbocycles. The normalized spacial score (nSPS) is 20.0. The van der Waals surface area contributed by atoms with Gasteiger partial charge in [0.05, 0.1) is 25.9 Å². The lowest BCUT2D eigenvalue weighted by molar-refractivity contribution is -0.0819. The minimum Gasteiger partial charge on any atom is -0.376 e. The average Bonchev–Trinajstić information content (AvgIpc) is 2.37. The number of ether oxygens (including phenoxy) is 2. The highest BCUT2D eigenvalue weighted by Crippen LogP contribution is 2.11. The van der Waals surface area contributed by atoms with Gasteiger partial charge in [-0.3, -0.25) is 0 Å². The van der Waals surface area contributed by atoms with E-state index in [1.807, 2.05) is 20.0 Å². The van der Waals surface area contributed by atoms with Gasteiger partial charge in [0.15, 0.2) is 0 Å². The zero-order valence-corrected chi connectivity index (χ0v) is 10.2. The van der Waals surface area contributed by atoms with Gasteiger partial charge in [-0.2, -0.15) is 0 Å². The van der Waals surface area contributed by atoms with Crippen molar-refractivity contribution in [2.75, 3.05) is 44.0 Å². The third-order valence-corrected chi connectivity index (χ3v) is 2.49. The van der Waals surface area contributed by atoms with E-state index in [4.69, 9.17) is 9.47 Å². The van der Waals surface area contributed by atoms with Crippen molar-refractivity contribution < 1.29 is 9.47 Å². The minimum absolute atomic E-state index is 0.0945. The Labute approximate surface area is 101 Å². The van der Waals surface area contributed by atoms with E-state index < -0.39 is 0 Å². The summed E-state index contributed by atoms with van der Waals surface area (Å²) < 4.78 is 10.9. The first-order valence-electron chi connectivity index (χ1n) is 5.74. The van der Waals surface area contributed by atoms with Gasteiger partial charge < -0.3 is 20.1 Å². The number of nitrogens with one attached hydrogen (secondary N) is 2. The van der Waals surface area contributed by atoms with Crippen LogP contribution in [0.15, 0.2) is 6.07 Å². The van der Waals surface area contributed by atoms with Crippen LogP contribution < -0.4 is 10.6 Å². The molecule has 6 nitrogen and oxygen atoms in total. The highest BCUT2D eigenvalue weighted by atomic mass is 16.6. The largest absolute Gasteiger partial charge is 0.376 e. The molecule has 2 heterocycles. The molecule has 0 spiro atoms. The fourth-order valence-corrected chi connectivity index (χ4v) is 1.66. The zero-order valence-electron chi connectivity index (χ0n) is 10.2. The van der Waals surface area contributed by atoms with Crippen LogP contribution in [0.25, 0.3) is 0 Å². The van der Waals surface area contributed by atoms with Crippen LogP contribution >= 0.6 is 0 Å². The van der Waals surface area contributed by atoms with Crippen molar-refractivity contribution >= 4 is 11.6 Å². The topological polar surface area (TPSA) is 68.3 Å². The molecule has 0 radical (unpaired) electrons. The number of rotatable bonds is 4. The van der Waals surface area contributed by atoms with Gasteiger partial charge in [-0.25, -0.2) is 9.97 Å². The summed E-state index contributed by atoms with van der Waals surface area (Å²) in [5.41, 5.74) is 0. The smallest absolute Gasteiger partial charge is 0.131 e. The zero-order chi connectivity index (χ0) is 12.1. The van der Waals surface area contributed by atoms with Gasteiger partial charge in [-0.1, -0.05) is 0 Å². The lowest BCUT2D eigenvalue weighted by Gasteiger charge is -2.23. The molecule has 0 saturated carbocycles. The van der Waals surface area contributed by atoms with Gasteiger partial charge >= 0.3 is 0 Å². The van der Waals surface area contributed by atoms with Gasteiger partial charge in [0.2, 0.25) is 0 Å². The Balaban J connectivity index is 1.91. The van der Waals surface area contributed by atoms with Crippen LogP contribution in [0.3, 0.4) is 0 Å². The van der Waals surface area contributed by atoms with Crippen LogP contribution in [0.4, 0.5) is 11.6 Å². The van der Waals surface area contributed by atoms with Gasteiger partial charge in [-0.15, -0.1) is 0 Å². The van der Waals surface area contributed by atoms with E-state index in [1.165, 1.54) is 0 Å². The number of aromatic nitrogens is 2. The van der Waals surface area contributed by atoms with Crippen molar-refractivity contribution in [3.63, 3.8) is 0 Å². The van der Waals surface area contributed by atoms with E-state index in [1.54, 1.807) is 0 Å². The summed E-state index contributed by atoms with van der Waals surface area (Å²) in [5.74, 6) is 2.34. The van der Waals surface area contributed by atoms with Crippen LogP contribution in [0.5, 0.6) is 0 Å². The van der Waals surface area contributed by atoms with Crippen molar-refractivity contribution in [3.05, 3.63) is 11.9 Å². The van der Waals surface area contributed by atoms with Gasteiger partial charge in [0.1, 0.15) is 17.5 Å². The molecular weight excluding hydrogens is 220 g/mol. The fraction of sp³-hybridized carbons (Fsp3) is 0.636. The van der Waals surface area contributed by atoms with E-state index in [0.29, 0.717) is 26.4 Å². The fourth-order valence-electron chi connectivity index (χ4n) is 1.66. The number of aryl methyl sites for hydroxylation is 1. The maximum absolute atomic E-state index is 5.54. The highest BCUT2D eigenvalue weighted by molar-refractivity contribution is 5.47. The summed E-state index contributed by atoms with van der Waals surface area (Å²) >= 11 is 0. The molecule has 1 aliphatic heterocycles. The van der Waals surface area contributed by atoms with E-state index in [2.05, 4.69) is 20.6 Å². The van der Waals surface area contributed by atoms with Gasteiger partial charge in [-0.05, 0) is 6.92 Å². The average molecular weight is 238 g/mol. The Morgan fingerprint density at radius 1 is 1.35 bits per heavy atom. The molecule has 1 unspecified atom stereocenters. The summed E-state index contributed by atoms with van der Waals surface area (Å²) in [5, 5.41) is 6.23. The Morgan fingerprint density at radius 3 is 2.88 bits per heavy atom. The third kappa shape index (κ3) is 3.54. The summed E-state index contributed by atoms with van der Waals surface area (Å²) in [4.78, 5) is 8.54. The maximum atomic E-state index is 5.54. The number of hydrogen-bond acceptors (Lipinski definition) is 6. The first-order chi connectivity index (χ1) is 8.28. The molecule has 1 saturated heterocycles. The Hall–Kier alpha value is -1.40. The molecule has 1 aromatic heterocycles. The molecule has 0 bridgehead atoms. The monoisotopic (exact) mass is 238 g/mol. The maximum Gasteiger partial charge on any atom is 0.131 e. The van der Waals surface area contributed by atoms with Crippen LogP contribution in [0, 0.1) is 6.92 Å². The highest BCUT2D eigenvalue weighted by Gasteiger charge is 2.14. The molecule has 17 heavy (non-hydrogen) atoms. The second kappa shape index (κ2) is 5.79. The molecule has 2 N–H and O–H groups in total. The Kier molecular flexibility index (Phi) is 4.11. The molecule has 0 aromatic carbocycles. The molecule has 94 valence electrons. The third-order valence-electron chi connectivity index (χ3n) is 2.49. The molecule has 1 aliphatic rings. The van der Waals surface area contributed by atoms with E-state index >= 15 is 0 Å². The molecule has 0 amide bonds. The standard InChI is InChI=1S/C11H18N4O2/c1-8-14-10(12-2)5-11(15-8)13-6-9-7-16-3-4-17-9/h5,9H,3-4,6-7H2,1-2H3,(H2,12,13,14,15). The number of anilines is 2. The molecule has 6 heteroatoms. The molecule has 1 aromatic rings. The summed E-state index contributed by atoms with van der Waals surface area (Å²) in [6.07, 6.45) is 0.0945. The van der Waals surface area contributed by atoms with E-state index in [0.717, 1.165) is 17.5 Å².